The number of benzene rings is 1. The fourth-order valence-corrected chi connectivity index (χ4v) is 4.98. The molecule has 1 aliphatic carbocycles. The van der Waals surface area contributed by atoms with Crippen LogP contribution in [0.1, 0.15) is 32.1 Å². The maximum Gasteiger partial charge on any atom is 0.326 e. The maximum atomic E-state index is 12.6. The van der Waals surface area contributed by atoms with E-state index >= 15 is 0 Å². The number of likely N-dealkylation sites (tertiary alicyclic amines) is 1. The first-order valence-electron chi connectivity index (χ1n) is 10.2. The minimum atomic E-state index is -0.857. The number of nitrogens with zero attached hydrogens (tertiary/aromatic N) is 3. The van der Waals surface area contributed by atoms with Crippen molar-refractivity contribution in [2.24, 2.45) is 11.3 Å². The van der Waals surface area contributed by atoms with Crippen molar-refractivity contribution in [2.45, 2.75) is 38.1 Å². The Kier molecular flexibility index (Phi) is 4.03. The number of carbonyl (C=O) groups excluding carboxylic acids is 1. The number of anilines is 1. The van der Waals surface area contributed by atoms with E-state index in [0.717, 1.165) is 50.0 Å². The Hall–Kier alpha value is -2.63. The molecule has 0 unspecified atom stereocenters. The Morgan fingerprint density at radius 1 is 1.11 bits per heavy atom. The van der Waals surface area contributed by atoms with Crippen molar-refractivity contribution < 1.29 is 14.7 Å². The first-order chi connectivity index (χ1) is 13.6. The Morgan fingerprint density at radius 3 is 2.57 bits per heavy atom. The molecule has 5 rings (SSSR count). The maximum absolute atomic E-state index is 12.6. The van der Waals surface area contributed by atoms with E-state index in [2.05, 4.69) is 22.0 Å². The monoisotopic (exact) mass is 379 g/mol. The van der Waals surface area contributed by atoms with E-state index < -0.39 is 12.0 Å². The molecule has 3 aliphatic rings. The molecule has 1 spiro atoms. The van der Waals surface area contributed by atoms with Crippen LogP contribution in [0.3, 0.4) is 0 Å². The van der Waals surface area contributed by atoms with Gasteiger partial charge in [0.25, 0.3) is 0 Å². The van der Waals surface area contributed by atoms with Crippen molar-refractivity contribution in [3.8, 4) is 0 Å². The first-order valence-corrected chi connectivity index (χ1v) is 10.2. The average molecular weight is 379 g/mol. The summed E-state index contributed by atoms with van der Waals surface area (Å²) in [5.41, 5.74) is -0.0747. The van der Waals surface area contributed by atoms with Crippen molar-refractivity contribution in [1.82, 2.24) is 9.88 Å². The van der Waals surface area contributed by atoms with Gasteiger partial charge in [-0.15, -0.1) is 0 Å². The van der Waals surface area contributed by atoms with Gasteiger partial charge in [-0.3, -0.25) is 4.79 Å². The highest BCUT2D eigenvalue weighted by molar-refractivity contribution is 5.92. The van der Waals surface area contributed by atoms with Crippen LogP contribution in [-0.2, 0) is 9.59 Å². The molecule has 1 atom stereocenters. The molecule has 2 saturated heterocycles. The van der Waals surface area contributed by atoms with Crippen molar-refractivity contribution >= 4 is 28.5 Å². The molecule has 0 radical (unpaired) electrons. The van der Waals surface area contributed by atoms with Crippen LogP contribution in [-0.4, -0.2) is 52.5 Å². The largest absolute Gasteiger partial charge is 0.480 e. The van der Waals surface area contributed by atoms with Gasteiger partial charge in [0, 0.05) is 37.1 Å². The van der Waals surface area contributed by atoms with Gasteiger partial charge in [-0.2, -0.15) is 0 Å². The lowest BCUT2D eigenvalue weighted by atomic mass is 9.76. The lowest BCUT2D eigenvalue weighted by Gasteiger charge is -2.40. The van der Waals surface area contributed by atoms with Gasteiger partial charge in [-0.1, -0.05) is 24.3 Å². The number of fused-ring (bicyclic) bond motifs is 1. The zero-order valence-electron chi connectivity index (χ0n) is 15.9. The van der Waals surface area contributed by atoms with Crippen molar-refractivity contribution in [3.63, 3.8) is 0 Å². The SMILES string of the molecule is O=C(O)[C@H]1CC2(CCN(c3nccc4ccccc34)CC2)CN1C(=O)C1CC1. The summed E-state index contributed by atoms with van der Waals surface area (Å²) in [6.07, 6.45) is 6.06. The molecule has 3 heterocycles. The van der Waals surface area contributed by atoms with Crippen molar-refractivity contribution in [2.75, 3.05) is 24.5 Å². The Morgan fingerprint density at radius 2 is 1.86 bits per heavy atom. The molecular weight excluding hydrogens is 354 g/mol. The second-order valence-corrected chi connectivity index (χ2v) is 8.64. The number of hydrogen-bond acceptors (Lipinski definition) is 4. The number of aliphatic carboxylic acids is 1. The molecule has 1 saturated carbocycles. The average Bonchev–Trinajstić information content (AvgIpc) is 3.50. The quantitative estimate of drug-likeness (QED) is 0.888. The van der Waals surface area contributed by atoms with Crippen LogP contribution in [0.5, 0.6) is 0 Å². The van der Waals surface area contributed by atoms with Crippen LogP contribution < -0.4 is 4.90 Å². The van der Waals surface area contributed by atoms with Crippen LogP contribution in [0.4, 0.5) is 5.82 Å². The molecule has 1 aromatic heterocycles. The highest BCUT2D eigenvalue weighted by atomic mass is 16.4. The molecule has 28 heavy (non-hydrogen) atoms. The third-order valence-electron chi connectivity index (χ3n) is 6.78. The predicted molar refractivity (Wildman–Crippen MR) is 106 cm³/mol. The summed E-state index contributed by atoms with van der Waals surface area (Å²) in [6, 6.07) is 9.65. The number of hydrogen-bond donors (Lipinski definition) is 1. The van der Waals surface area contributed by atoms with E-state index in [-0.39, 0.29) is 17.2 Å². The van der Waals surface area contributed by atoms with Gasteiger partial charge in [0.15, 0.2) is 0 Å². The summed E-state index contributed by atoms with van der Waals surface area (Å²) in [7, 11) is 0. The normalized spacial score (nSPS) is 24.1. The number of amides is 1. The lowest BCUT2D eigenvalue weighted by molar-refractivity contribution is -0.148. The Labute approximate surface area is 164 Å². The molecule has 6 nitrogen and oxygen atoms in total. The third kappa shape index (κ3) is 2.91. The minimum Gasteiger partial charge on any atom is -0.480 e. The fourth-order valence-electron chi connectivity index (χ4n) is 4.98. The predicted octanol–water partition coefficient (Wildman–Crippen LogP) is 2.92. The number of aromatic nitrogens is 1. The summed E-state index contributed by atoms with van der Waals surface area (Å²) >= 11 is 0. The summed E-state index contributed by atoms with van der Waals surface area (Å²) in [6.45, 7) is 2.29. The highest BCUT2D eigenvalue weighted by Gasteiger charge is 2.51. The van der Waals surface area contributed by atoms with Crippen LogP contribution in [0.15, 0.2) is 36.5 Å². The van der Waals surface area contributed by atoms with Gasteiger partial charge in [0.05, 0.1) is 0 Å². The van der Waals surface area contributed by atoms with Gasteiger partial charge in [0.2, 0.25) is 5.91 Å². The second kappa shape index (κ2) is 6.47. The summed E-state index contributed by atoms with van der Waals surface area (Å²) in [5.74, 6) is 0.273. The molecule has 3 fully saturated rings. The number of carbonyl (C=O) groups is 2. The van der Waals surface area contributed by atoms with E-state index in [0.29, 0.717) is 13.0 Å². The van der Waals surface area contributed by atoms with Crippen molar-refractivity contribution in [1.29, 1.82) is 0 Å². The van der Waals surface area contributed by atoms with Crippen LogP contribution >= 0.6 is 0 Å². The minimum absolute atomic E-state index is 0.0578. The zero-order valence-corrected chi connectivity index (χ0v) is 15.9. The van der Waals surface area contributed by atoms with Gasteiger partial charge in [-0.05, 0) is 49.0 Å². The first kappa shape index (κ1) is 17.5. The summed E-state index contributed by atoms with van der Waals surface area (Å²) in [4.78, 5) is 33.0. The Bertz CT molecular complexity index is 926. The van der Waals surface area contributed by atoms with Gasteiger partial charge < -0.3 is 14.9 Å². The van der Waals surface area contributed by atoms with Gasteiger partial charge >= 0.3 is 5.97 Å². The summed E-state index contributed by atoms with van der Waals surface area (Å²) in [5, 5.41) is 12.0. The van der Waals surface area contributed by atoms with E-state index in [1.54, 1.807) is 4.90 Å². The zero-order chi connectivity index (χ0) is 19.3. The van der Waals surface area contributed by atoms with Crippen LogP contribution in [0, 0.1) is 11.3 Å². The van der Waals surface area contributed by atoms with Crippen molar-refractivity contribution in [3.05, 3.63) is 36.5 Å². The second-order valence-electron chi connectivity index (χ2n) is 8.64. The topological polar surface area (TPSA) is 73.7 Å². The number of piperidine rings is 1. The van der Waals surface area contributed by atoms with Gasteiger partial charge in [0.1, 0.15) is 11.9 Å². The van der Waals surface area contributed by atoms with Gasteiger partial charge in [-0.25, -0.2) is 9.78 Å². The molecule has 0 bridgehead atoms. The standard InChI is InChI=1S/C22H25N3O3/c26-20(16-5-6-16)25-14-22(13-18(25)21(27)28)8-11-24(12-9-22)19-17-4-2-1-3-15(17)7-10-23-19/h1-4,7,10,16,18H,5-6,8-9,11-14H2,(H,27,28)/t18-/m1/s1. The lowest BCUT2D eigenvalue weighted by Crippen LogP contribution is -2.43. The van der Waals surface area contributed by atoms with E-state index in [1.807, 2.05) is 24.4 Å². The molecule has 6 heteroatoms. The molecule has 1 amide bonds. The third-order valence-corrected chi connectivity index (χ3v) is 6.78. The van der Waals surface area contributed by atoms with E-state index in [4.69, 9.17) is 0 Å². The highest BCUT2D eigenvalue weighted by Crippen LogP contribution is 2.46. The van der Waals surface area contributed by atoms with Crippen LogP contribution in [0.2, 0.25) is 0 Å². The molecule has 1 aromatic carbocycles. The summed E-state index contributed by atoms with van der Waals surface area (Å²) < 4.78 is 0. The van der Waals surface area contributed by atoms with Crippen LogP contribution in [0.25, 0.3) is 10.8 Å². The molecule has 1 N–H and O–H groups in total. The fraction of sp³-hybridized carbons (Fsp3) is 0.500. The number of carboxylic acid groups (broad SMARTS) is 1. The number of rotatable bonds is 3. The Balaban J connectivity index is 1.35. The molecular formula is C22H25N3O3. The molecule has 2 aliphatic heterocycles. The number of carboxylic acids is 1. The molecule has 2 aromatic rings. The van der Waals surface area contributed by atoms with E-state index in [9.17, 15) is 14.7 Å². The number of pyridine rings is 1. The van der Waals surface area contributed by atoms with E-state index in [1.165, 1.54) is 5.39 Å². The smallest absolute Gasteiger partial charge is 0.326 e. The molecule has 146 valence electrons.